The minimum Gasteiger partial charge on any atom is -0.384 e. The Hall–Kier alpha value is -1.29. The Morgan fingerprint density at radius 2 is 2.21 bits per heavy atom. The lowest BCUT2D eigenvalue weighted by Gasteiger charge is -2.18. The van der Waals surface area contributed by atoms with Crippen molar-refractivity contribution < 1.29 is 4.74 Å². The quantitative estimate of drug-likeness (QED) is 0.510. The van der Waals surface area contributed by atoms with Crippen LogP contribution in [0.4, 0.5) is 0 Å². The molecular formula is C10H19N3O. The second kappa shape index (κ2) is 7.15. The highest BCUT2D eigenvalue weighted by Crippen LogP contribution is 2.00. The molecule has 0 aromatic carbocycles. The zero-order valence-electron chi connectivity index (χ0n) is 9.16. The average Bonchev–Trinajstić information content (AvgIpc) is 2.21. The van der Waals surface area contributed by atoms with E-state index in [9.17, 15) is 0 Å². The third-order valence-electron chi connectivity index (χ3n) is 1.91. The van der Waals surface area contributed by atoms with Crippen LogP contribution in [0.1, 0.15) is 6.92 Å². The molecule has 0 rings (SSSR count). The van der Waals surface area contributed by atoms with Gasteiger partial charge in [0.1, 0.15) is 5.82 Å². The number of hydrogen-bond donors (Lipinski definition) is 1. The lowest BCUT2D eigenvalue weighted by atomic mass is 10.3. The van der Waals surface area contributed by atoms with Crippen LogP contribution in [0.2, 0.25) is 0 Å². The van der Waals surface area contributed by atoms with Crippen LogP contribution in [-0.2, 0) is 4.74 Å². The summed E-state index contributed by atoms with van der Waals surface area (Å²) in [7, 11) is 3.68. The third-order valence-corrected chi connectivity index (χ3v) is 1.91. The second-order valence-electron chi connectivity index (χ2n) is 2.97. The maximum atomic E-state index is 5.47. The fraction of sp³-hybridized carbons (Fsp3) is 0.500. The highest BCUT2D eigenvalue weighted by molar-refractivity contribution is 5.29. The molecule has 0 fully saturated rings. The number of nitrogens with two attached hydrogens (primary N) is 1. The van der Waals surface area contributed by atoms with Gasteiger partial charge in [-0.2, -0.15) is 0 Å². The van der Waals surface area contributed by atoms with Crippen LogP contribution >= 0.6 is 0 Å². The van der Waals surface area contributed by atoms with Crippen LogP contribution in [0.3, 0.4) is 0 Å². The number of allylic oxidation sites excluding steroid dienone is 3. The highest BCUT2D eigenvalue weighted by Gasteiger charge is 1.96. The summed E-state index contributed by atoms with van der Waals surface area (Å²) in [6.07, 6.45) is 3.63. The van der Waals surface area contributed by atoms with E-state index in [0.29, 0.717) is 12.4 Å². The van der Waals surface area contributed by atoms with E-state index in [1.165, 1.54) is 0 Å². The van der Waals surface area contributed by atoms with Crippen molar-refractivity contribution in [3.05, 3.63) is 23.7 Å². The largest absolute Gasteiger partial charge is 0.384 e. The molecule has 0 bridgehead atoms. The van der Waals surface area contributed by atoms with Crippen molar-refractivity contribution in [2.45, 2.75) is 6.92 Å². The van der Waals surface area contributed by atoms with E-state index in [1.54, 1.807) is 13.2 Å². The normalized spacial score (nSPS) is 12.8. The van der Waals surface area contributed by atoms with Crippen LogP contribution < -0.4 is 5.73 Å². The number of rotatable bonds is 6. The van der Waals surface area contributed by atoms with Crippen LogP contribution in [-0.4, -0.2) is 38.9 Å². The van der Waals surface area contributed by atoms with Crippen molar-refractivity contribution in [3.8, 4) is 0 Å². The lowest BCUT2D eigenvalue weighted by molar-refractivity contribution is 0.174. The number of nitrogens with zero attached hydrogens (tertiary/aromatic N) is 2. The molecule has 14 heavy (non-hydrogen) atoms. The maximum Gasteiger partial charge on any atom is 0.122 e. The fourth-order valence-corrected chi connectivity index (χ4v) is 0.790. The summed E-state index contributed by atoms with van der Waals surface area (Å²) in [6, 6.07) is 0. The highest BCUT2D eigenvalue weighted by atomic mass is 16.5. The first kappa shape index (κ1) is 12.7. The maximum absolute atomic E-state index is 5.47. The van der Waals surface area contributed by atoms with Crippen LogP contribution in [0.5, 0.6) is 0 Å². The molecule has 0 aromatic heterocycles. The van der Waals surface area contributed by atoms with Gasteiger partial charge in [0, 0.05) is 26.4 Å². The van der Waals surface area contributed by atoms with Gasteiger partial charge in [-0.25, -0.2) is 4.99 Å². The van der Waals surface area contributed by atoms with Crippen molar-refractivity contribution in [2.24, 2.45) is 10.7 Å². The summed E-state index contributed by atoms with van der Waals surface area (Å²) < 4.78 is 4.97. The number of hydrogen-bond acceptors (Lipinski definition) is 4. The molecule has 0 aromatic rings. The van der Waals surface area contributed by atoms with Crippen molar-refractivity contribution in [1.82, 2.24) is 4.90 Å². The molecule has 0 aliphatic heterocycles. The van der Waals surface area contributed by atoms with E-state index in [2.05, 4.69) is 16.6 Å². The van der Waals surface area contributed by atoms with Gasteiger partial charge in [0.25, 0.3) is 0 Å². The van der Waals surface area contributed by atoms with Gasteiger partial charge in [-0.3, -0.25) is 0 Å². The number of methoxy groups -OCH3 is 1. The Balaban J connectivity index is 4.15. The molecule has 0 unspecified atom stereocenters. The summed E-state index contributed by atoms with van der Waals surface area (Å²) in [5.41, 5.74) is 6.57. The zero-order chi connectivity index (χ0) is 11.0. The predicted octanol–water partition coefficient (Wildman–Crippen LogP) is 0.969. The summed E-state index contributed by atoms with van der Waals surface area (Å²) in [4.78, 5) is 5.66. The summed E-state index contributed by atoms with van der Waals surface area (Å²) in [6.45, 7) is 6.89. The van der Waals surface area contributed by atoms with Gasteiger partial charge in [0.2, 0.25) is 0 Å². The van der Waals surface area contributed by atoms with Crippen molar-refractivity contribution in [1.29, 1.82) is 0 Å². The molecule has 0 saturated carbocycles. The molecule has 0 heterocycles. The first-order chi connectivity index (χ1) is 6.61. The second-order valence-corrected chi connectivity index (χ2v) is 2.97. The monoisotopic (exact) mass is 197 g/mol. The Morgan fingerprint density at radius 3 is 2.71 bits per heavy atom. The Morgan fingerprint density at radius 1 is 1.57 bits per heavy atom. The lowest BCUT2D eigenvalue weighted by Crippen LogP contribution is -2.20. The summed E-state index contributed by atoms with van der Waals surface area (Å²) in [5, 5.41) is 0. The molecule has 4 nitrogen and oxygen atoms in total. The van der Waals surface area contributed by atoms with Gasteiger partial charge in [-0.15, -0.1) is 0 Å². The molecule has 0 saturated heterocycles. The molecule has 0 aliphatic rings. The molecular weight excluding hydrogens is 178 g/mol. The first-order valence-electron chi connectivity index (χ1n) is 4.42. The van der Waals surface area contributed by atoms with Crippen molar-refractivity contribution >= 4 is 6.72 Å². The van der Waals surface area contributed by atoms with Gasteiger partial charge in [-0.05, 0) is 25.8 Å². The Bertz CT molecular complexity index is 234. The van der Waals surface area contributed by atoms with Gasteiger partial charge in [0.15, 0.2) is 0 Å². The van der Waals surface area contributed by atoms with E-state index in [0.717, 1.165) is 12.2 Å². The van der Waals surface area contributed by atoms with Crippen LogP contribution in [0.25, 0.3) is 0 Å². The van der Waals surface area contributed by atoms with E-state index in [4.69, 9.17) is 10.5 Å². The van der Waals surface area contributed by atoms with Gasteiger partial charge in [-0.1, -0.05) is 0 Å². The smallest absolute Gasteiger partial charge is 0.122 e. The Kier molecular flexibility index (Phi) is 6.49. The van der Waals surface area contributed by atoms with Gasteiger partial charge in [0.05, 0.1) is 6.61 Å². The third kappa shape index (κ3) is 5.37. The predicted molar refractivity (Wildman–Crippen MR) is 60.1 cm³/mol. The minimum absolute atomic E-state index is 0.421. The summed E-state index contributed by atoms with van der Waals surface area (Å²) >= 11 is 0. The SMILES string of the molecule is C=N/C(N)=C\C=C(/C)N(C)CCOC. The number of likely N-dealkylation sites (N-methyl/N-ethyl adjacent to an activating group) is 1. The summed E-state index contributed by atoms with van der Waals surface area (Å²) in [5.74, 6) is 0.421. The Labute approximate surface area is 85.8 Å². The number of aliphatic imine (C=N–C) groups is 1. The molecule has 0 atom stereocenters. The molecule has 0 spiro atoms. The molecule has 80 valence electrons. The van der Waals surface area contributed by atoms with E-state index >= 15 is 0 Å². The van der Waals surface area contributed by atoms with Crippen molar-refractivity contribution in [3.63, 3.8) is 0 Å². The molecule has 0 radical (unpaired) electrons. The average molecular weight is 197 g/mol. The molecule has 0 aliphatic carbocycles. The van der Waals surface area contributed by atoms with E-state index in [1.807, 2.05) is 20.0 Å². The molecule has 2 N–H and O–H groups in total. The molecule has 0 amide bonds. The standard InChI is InChI=1S/C10H19N3O/c1-9(5-6-10(11)12-2)13(3)7-8-14-4/h5-6H,2,7-8,11H2,1,3-4H3/b9-5+,10-6-. The topological polar surface area (TPSA) is 50.8 Å². The first-order valence-corrected chi connectivity index (χ1v) is 4.42. The van der Waals surface area contributed by atoms with Gasteiger partial charge < -0.3 is 15.4 Å². The number of ether oxygens (including phenoxy) is 1. The van der Waals surface area contributed by atoms with E-state index < -0.39 is 0 Å². The fourth-order valence-electron chi connectivity index (χ4n) is 0.790. The zero-order valence-corrected chi connectivity index (χ0v) is 9.16. The van der Waals surface area contributed by atoms with E-state index in [-0.39, 0.29) is 0 Å². The minimum atomic E-state index is 0.421. The van der Waals surface area contributed by atoms with Crippen LogP contribution in [0.15, 0.2) is 28.7 Å². The molecule has 4 heteroatoms. The van der Waals surface area contributed by atoms with Crippen molar-refractivity contribution in [2.75, 3.05) is 27.3 Å². The van der Waals surface area contributed by atoms with Gasteiger partial charge >= 0.3 is 0 Å². The van der Waals surface area contributed by atoms with Crippen LogP contribution in [0, 0.1) is 0 Å².